The van der Waals surface area contributed by atoms with E-state index in [9.17, 15) is 24.3 Å². The number of para-hydroxylation sites is 1. The van der Waals surface area contributed by atoms with Gasteiger partial charge in [-0.3, -0.25) is 14.6 Å². The van der Waals surface area contributed by atoms with Crippen LogP contribution in [0.5, 0.6) is 5.75 Å². The SMILES string of the molecule is C=C[C@H]1C[C@]1(NC(=O)[C@@H]1C[C@@H](Oc2ccnc3ccccc23)CN1C(=O)[C@@H](NC(=O)OC(C)(C)C)C1CCCCC1)C(=O)O. The second-order valence-corrected chi connectivity index (χ2v) is 13.1. The highest BCUT2D eigenvalue weighted by atomic mass is 16.6. The molecule has 5 atom stereocenters. The highest BCUT2D eigenvalue weighted by Crippen LogP contribution is 2.45. The average molecular weight is 607 g/mol. The van der Waals surface area contributed by atoms with Gasteiger partial charge in [-0.25, -0.2) is 9.59 Å². The standard InChI is InChI=1S/C33H42N4O7/c1-5-21-18-33(21,30(40)41)36-28(38)25-17-22(43-26-15-16-34-24-14-10-9-13-23(24)26)19-37(25)29(39)27(20-11-7-6-8-12-20)35-31(42)44-32(2,3)4/h5,9-10,13-16,20-22,25,27H,1,6-8,11-12,17-19H2,2-4H3,(H,35,42)(H,36,38)(H,40,41)/t21-,22+,25-,27-,33+/m0/s1. The van der Waals surface area contributed by atoms with E-state index in [4.69, 9.17) is 9.47 Å². The topological polar surface area (TPSA) is 147 Å². The molecule has 1 saturated heterocycles. The van der Waals surface area contributed by atoms with Gasteiger partial charge in [0.15, 0.2) is 0 Å². The number of benzene rings is 1. The molecule has 1 aromatic carbocycles. The van der Waals surface area contributed by atoms with Crippen molar-refractivity contribution < 1.29 is 33.8 Å². The molecule has 3 fully saturated rings. The number of hydrogen-bond donors (Lipinski definition) is 3. The van der Waals surface area contributed by atoms with Gasteiger partial charge >= 0.3 is 12.1 Å². The molecule has 2 saturated carbocycles. The molecule has 0 radical (unpaired) electrons. The van der Waals surface area contributed by atoms with Crippen molar-refractivity contribution in [2.75, 3.05) is 6.54 Å². The first-order valence-corrected chi connectivity index (χ1v) is 15.4. The summed E-state index contributed by atoms with van der Waals surface area (Å²) in [7, 11) is 0. The number of nitrogens with one attached hydrogen (secondary N) is 2. The molecule has 236 valence electrons. The Balaban J connectivity index is 1.43. The minimum Gasteiger partial charge on any atom is -0.488 e. The Kier molecular flexibility index (Phi) is 8.85. The van der Waals surface area contributed by atoms with Crippen molar-refractivity contribution in [3.63, 3.8) is 0 Å². The lowest BCUT2D eigenvalue weighted by molar-refractivity contribution is -0.146. The molecule has 2 aliphatic carbocycles. The summed E-state index contributed by atoms with van der Waals surface area (Å²) < 4.78 is 11.9. The number of rotatable bonds is 9. The van der Waals surface area contributed by atoms with Gasteiger partial charge in [0.25, 0.3) is 0 Å². The fourth-order valence-corrected chi connectivity index (χ4v) is 6.51. The lowest BCUT2D eigenvalue weighted by atomic mass is 9.83. The van der Waals surface area contributed by atoms with Crippen LogP contribution in [-0.4, -0.2) is 74.7 Å². The van der Waals surface area contributed by atoms with Crippen LogP contribution in [0.3, 0.4) is 0 Å². The zero-order chi connectivity index (χ0) is 31.6. The molecule has 3 amide bonds. The number of amides is 3. The lowest BCUT2D eigenvalue weighted by Crippen LogP contribution is -2.58. The summed E-state index contributed by atoms with van der Waals surface area (Å²) in [5, 5.41) is 16.3. The number of fused-ring (bicyclic) bond motifs is 1. The maximum atomic E-state index is 14.4. The van der Waals surface area contributed by atoms with Gasteiger partial charge in [-0.1, -0.05) is 37.5 Å². The monoisotopic (exact) mass is 606 g/mol. The zero-order valence-corrected chi connectivity index (χ0v) is 25.6. The summed E-state index contributed by atoms with van der Waals surface area (Å²) in [4.78, 5) is 59.1. The predicted molar refractivity (Wildman–Crippen MR) is 163 cm³/mol. The number of aromatic nitrogens is 1. The lowest BCUT2D eigenvalue weighted by Gasteiger charge is -2.35. The van der Waals surface area contributed by atoms with Crippen LogP contribution in [0.4, 0.5) is 4.79 Å². The third-order valence-electron chi connectivity index (χ3n) is 8.84. The fourth-order valence-electron chi connectivity index (χ4n) is 6.51. The van der Waals surface area contributed by atoms with Gasteiger partial charge in [-0.2, -0.15) is 0 Å². The Morgan fingerprint density at radius 2 is 1.86 bits per heavy atom. The highest BCUT2D eigenvalue weighted by Gasteiger charge is 2.61. The van der Waals surface area contributed by atoms with Gasteiger partial charge in [0.1, 0.15) is 35.1 Å². The first-order valence-electron chi connectivity index (χ1n) is 15.4. The number of pyridine rings is 1. The summed E-state index contributed by atoms with van der Waals surface area (Å²) in [6, 6.07) is 7.36. The minimum absolute atomic E-state index is 0.0811. The fraction of sp³-hybridized carbons (Fsp3) is 0.545. The number of carbonyl (C=O) groups is 4. The van der Waals surface area contributed by atoms with E-state index in [0.717, 1.165) is 43.0 Å². The number of alkyl carbamates (subject to hydrolysis) is 1. The second-order valence-electron chi connectivity index (χ2n) is 13.1. The number of carboxylic acids is 1. The second kappa shape index (κ2) is 12.5. The molecule has 2 aromatic rings. The Hall–Kier alpha value is -4.15. The number of nitrogens with zero attached hydrogens (tertiary/aromatic N) is 2. The average Bonchev–Trinajstić information content (AvgIpc) is 3.55. The van der Waals surface area contributed by atoms with E-state index >= 15 is 0 Å². The Morgan fingerprint density at radius 1 is 1.14 bits per heavy atom. The van der Waals surface area contributed by atoms with Crippen molar-refractivity contribution in [1.82, 2.24) is 20.5 Å². The highest BCUT2D eigenvalue weighted by molar-refractivity contribution is 5.96. The number of carboxylic acid groups (broad SMARTS) is 1. The molecule has 3 aliphatic rings. The van der Waals surface area contributed by atoms with E-state index in [2.05, 4.69) is 22.2 Å². The van der Waals surface area contributed by atoms with E-state index in [0.29, 0.717) is 5.75 Å². The van der Waals surface area contributed by atoms with Gasteiger partial charge in [0.05, 0.1) is 12.1 Å². The van der Waals surface area contributed by atoms with Crippen LogP contribution < -0.4 is 15.4 Å². The molecule has 5 rings (SSSR count). The molecule has 1 aromatic heterocycles. The molecule has 44 heavy (non-hydrogen) atoms. The molecular weight excluding hydrogens is 564 g/mol. The van der Waals surface area contributed by atoms with Crippen LogP contribution in [0.1, 0.15) is 65.7 Å². The third-order valence-corrected chi connectivity index (χ3v) is 8.84. The van der Waals surface area contributed by atoms with Crippen molar-refractivity contribution >= 4 is 34.8 Å². The first-order chi connectivity index (χ1) is 20.9. The molecule has 0 spiro atoms. The quantitative estimate of drug-likeness (QED) is 0.360. The summed E-state index contributed by atoms with van der Waals surface area (Å²) in [5.74, 6) is -2.09. The van der Waals surface area contributed by atoms with Crippen LogP contribution in [0.2, 0.25) is 0 Å². The molecule has 11 heteroatoms. The first kappa shape index (κ1) is 31.3. The van der Waals surface area contributed by atoms with Crippen LogP contribution >= 0.6 is 0 Å². The van der Waals surface area contributed by atoms with Gasteiger partial charge in [0, 0.05) is 23.9 Å². The van der Waals surface area contributed by atoms with Crippen LogP contribution in [0, 0.1) is 11.8 Å². The van der Waals surface area contributed by atoms with E-state index in [-0.39, 0.29) is 25.3 Å². The Labute approximate surface area is 257 Å². The molecular formula is C33H42N4O7. The normalized spacial score (nSPS) is 26.0. The molecule has 1 aliphatic heterocycles. The van der Waals surface area contributed by atoms with Crippen molar-refractivity contribution in [1.29, 1.82) is 0 Å². The van der Waals surface area contributed by atoms with Crippen LogP contribution in [-0.2, 0) is 19.1 Å². The maximum Gasteiger partial charge on any atom is 0.408 e. The zero-order valence-electron chi connectivity index (χ0n) is 25.6. The van der Waals surface area contributed by atoms with Gasteiger partial charge in [0.2, 0.25) is 11.8 Å². The van der Waals surface area contributed by atoms with E-state index in [1.54, 1.807) is 33.0 Å². The summed E-state index contributed by atoms with van der Waals surface area (Å²) >= 11 is 0. The number of likely N-dealkylation sites (tertiary alicyclic amines) is 1. The number of hydrogen-bond acceptors (Lipinski definition) is 7. The molecule has 3 N–H and O–H groups in total. The van der Waals surface area contributed by atoms with Crippen molar-refractivity contribution in [2.45, 2.75) is 95.0 Å². The Bertz CT molecular complexity index is 1430. The molecule has 0 unspecified atom stereocenters. The predicted octanol–water partition coefficient (Wildman–Crippen LogP) is 4.20. The number of ether oxygens (including phenoxy) is 2. The van der Waals surface area contributed by atoms with Crippen LogP contribution in [0.25, 0.3) is 10.9 Å². The molecule has 2 heterocycles. The van der Waals surface area contributed by atoms with Gasteiger partial charge < -0.3 is 30.1 Å². The molecule has 0 bridgehead atoms. The number of carbonyl (C=O) groups excluding carboxylic acids is 3. The van der Waals surface area contributed by atoms with Crippen molar-refractivity contribution in [3.05, 3.63) is 49.2 Å². The van der Waals surface area contributed by atoms with E-state index in [1.807, 2.05) is 24.3 Å². The Morgan fingerprint density at radius 3 is 2.52 bits per heavy atom. The minimum atomic E-state index is -1.45. The molecule has 11 nitrogen and oxygen atoms in total. The number of aliphatic carboxylic acids is 1. The smallest absolute Gasteiger partial charge is 0.408 e. The van der Waals surface area contributed by atoms with Gasteiger partial charge in [-0.15, -0.1) is 6.58 Å². The van der Waals surface area contributed by atoms with E-state index < -0.39 is 59.1 Å². The summed E-state index contributed by atoms with van der Waals surface area (Å²) in [5.41, 5.74) is -1.47. The largest absolute Gasteiger partial charge is 0.488 e. The summed E-state index contributed by atoms with van der Waals surface area (Å²) in [6.45, 7) is 9.04. The van der Waals surface area contributed by atoms with Crippen molar-refractivity contribution in [3.8, 4) is 5.75 Å². The maximum absolute atomic E-state index is 14.4. The van der Waals surface area contributed by atoms with E-state index in [1.165, 1.54) is 11.0 Å². The van der Waals surface area contributed by atoms with Gasteiger partial charge in [-0.05, 0) is 64.2 Å². The van der Waals surface area contributed by atoms with Crippen LogP contribution in [0.15, 0.2) is 49.2 Å². The van der Waals surface area contributed by atoms with Crippen molar-refractivity contribution in [2.24, 2.45) is 11.8 Å². The summed E-state index contributed by atoms with van der Waals surface area (Å²) in [6.07, 6.45) is 6.69. The third kappa shape index (κ3) is 6.66.